The molecular weight excluding hydrogens is 220 g/mol. The minimum Gasteiger partial charge on any atom is -0.378 e. The van der Waals surface area contributed by atoms with E-state index >= 15 is 0 Å². The van der Waals surface area contributed by atoms with Crippen LogP contribution in [0.1, 0.15) is 19.8 Å². The standard InChI is InChI=1S/C12H22N2O3/c1-9-10(3-5-13-9)11(15)14-7-12(16-2)4-6-17-8-12/h9-10,13H,3-8H2,1-2H3,(H,14,15). The predicted octanol–water partition coefficient (Wildman–Crippen LogP) is -0.0939. The lowest BCUT2D eigenvalue weighted by Crippen LogP contribution is -2.47. The number of carbonyl (C=O) groups excluding carboxylic acids is 1. The van der Waals surface area contributed by atoms with Crippen LogP contribution in [0.3, 0.4) is 0 Å². The number of carbonyl (C=O) groups is 1. The molecule has 3 unspecified atom stereocenters. The van der Waals surface area contributed by atoms with Gasteiger partial charge in [-0.15, -0.1) is 0 Å². The van der Waals surface area contributed by atoms with Gasteiger partial charge < -0.3 is 20.1 Å². The number of methoxy groups -OCH3 is 1. The summed E-state index contributed by atoms with van der Waals surface area (Å²) in [6.07, 6.45) is 1.77. The molecule has 0 saturated carbocycles. The fourth-order valence-electron chi connectivity index (χ4n) is 2.56. The van der Waals surface area contributed by atoms with E-state index in [-0.39, 0.29) is 23.5 Å². The lowest BCUT2D eigenvalue weighted by molar-refractivity contribution is -0.126. The average molecular weight is 242 g/mol. The maximum Gasteiger partial charge on any atom is 0.224 e. The Morgan fingerprint density at radius 2 is 2.47 bits per heavy atom. The van der Waals surface area contributed by atoms with Gasteiger partial charge in [0.25, 0.3) is 0 Å². The predicted molar refractivity (Wildman–Crippen MR) is 63.8 cm³/mol. The van der Waals surface area contributed by atoms with E-state index in [1.165, 1.54) is 0 Å². The van der Waals surface area contributed by atoms with Crippen molar-refractivity contribution >= 4 is 5.91 Å². The van der Waals surface area contributed by atoms with Crippen molar-refractivity contribution in [3.63, 3.8) is 0 Å². The minimum absolute atomic E-state index is 0.0891. The highest BCUT2D eigenvalue weighted by Crippen LogP contribution is 2.22. The summed E-state index contributed by atoms with van der Waals surface area (Å²) in [4.78, 5) is 12.0. The fourth-order valence-corrected chi connectivity index (χ4v) is 2.56. The Bertz CT molecular complexity index is 277. The maximum atomic E-state index is 12.0. The van der Waals surface area contributed by atoms with Crippen LogP contribution in [0.25, 0.3) is 0 Å². The molecule has 2 fully saturated rings. The molecule has 2 rings (SSSR count). The van der Waals surface area contributed by atoms with Gasteiger partial charge in [-0.05, 0) is 19.9 Å². The zero-order valence-corrected chi connectivity index (χ0v) is 10.6. The number of nitrogens with one attached hydrogen (secondary N) is 2. The van der Waals surface area contributed by atoms with E-state index in [9.17, 15) is 4.79 Å². The van der Waals surface area contributed by atoms with E-state index < -0.39 is 0 Å². The van der Waals surface area contributed by atoms with Crippen LogP contribution in [-0.4, -0.2) is 51.0 Å². The van der Waals surface area contributed by atoms with Crippen molar-refractivity contribution in [3.8, 4) is 0 Å². The monoisotopic (exact) mass is 242 g/mol. The van der Waals surface area contributed by atoms with E-state index in [1.54, 1.807) is 7.11 Å². The average Bonchev–Trinajstić information content (AvgIpc) is 2.95. The van der Waals surface area contributed by atoms with Crippen LogP contribution in [0.2, 0.25) is 0 Å². The lowest BCUT2D eigenvalue weighted by atomic mass is 9.99. The summed E-state index contributed by atoms with van der Waals surface area (Å²) in [5.74, 6) is 0.219. The van der Waals surface area contributed by atoms with Crippen molar-refractivity contribution in [1.82, 2.24) is 10.6 Å². The van der Waals surface area contributed by atoms with Gasteiger partial charge in [0.15, 0.2) is 0 Å². The Hall–Kier alpha value is -0.650. The molecule has 2 saturated heterocycles. The Morgan fingerprint density at radius 3 is 3.00 bits per heavy atom. The van der Waals surface area contributed by atoms with Gasteiger partial charge in [-0.25, -0.2) is 0 Å². The van der Waals surface area contributed by atoms with Crippen LogP contribution >= 0.6 is 0 Å². The normalized spacial score (nSPS) is 37.3. The van der Waals surface area contributed by atoms with E-state index in [2.05, 4.69) is 17.6 Å². The van der Waals surface area contributed by atoms with Crippen molar-refractivity contribution in [1.29, 1.82) is 0 Å². The number of amides is 1. The van der Waals surface area contributed by atoms with Crippen LogP contribution in [0.5, 0.6) is 0 Å². The van der Waals surface area contributed by atoms with Crippen molar-refractivity contribution < 1.29 is 14.3 Å². The summed E-state index contributed by atoms with van der Waals surface area (Å²) in [6, 6.07) is 0.272. The molecule has 5 heteroatoms. The Balaban J connectivity index is 1.82. The van der Waals surface area contributed by atoms with E-state index in [1.807, 2.05) is 0 Å². The quantitative estimate of drug-likeness (QED) is 0.723. The maximum absolute atomic E-state index is 12.0. The highest BCUT2D eigenvalue weighted by atomic mass is 16.5. The van der Waals surface area contributed by atoms with Crippen LogP contribution in [0.4, 0.5) is 0 Å². The largest absolute Gasteiger partial charge is 0.378 e. The molecular formula is C12H22N2O3. The fraction of sp³-hybridized carbons (Fsp3) is 0.917. The molecule has 98 valence electrons. The summed E-state index contributed by atoms with van der Waals surface area (Å²) in [7, 11) is 1.68. The van der Waals surface area contributed by atoms with Crippen molar-refractivity contribution in [2.45, 2.75) is 31.4 Å². The molecule has 0 aromatic carbocycles. The van der Waals surface area contributed by atoms with Gasteiger partial charge in [0.05, 0.1) is 12.5 Å². The molecule has 5 nitrogen and oxygen atoms in total. The third-order valence-electron chi connectivity index (χ3n) is 3.95. The van der Waals surface area contributed by atoms with Gasteiger partial charge in [-0.1, -0.05) is 0 Å². The van der Waals surface area contributed by atoms with Crippen molar-refractivity contribution in [3.05, 3.63) is 0 Å². The highest BCUT2D eigenvalue weighted by molar-refractivity contribution is 5.79. The zero-order chi connectivity index (χ0) is 12.3. The Kier molecular flexibility index (Phi) is 4.01. The summed E-state index contributed by atoms with van der Waals surface area (Å²) >= 11 is 0. The Morgan fingerprint density at radius 1 is 1.65 bits per heavy atom. The lowest BCUT2D eigenvalue weighted by Gasteiger charge is -2.27. The van der Waals surface area contributed by atoms with E-state index in [0.717, 1.165) is 19.4 Å². The van der Waals surface area contributed by atoms with Gasteiger partial charge in [-0.2, -0.15) is 0 Å². The third-order valence-corrected chi connectivity index (χ3v) is 3.95. The summed E-state index contributed by atoms with van der Waals surface area (Å²) in [5.41, 5.74) is -0.315. The molecule has 0 radical (unpaired) electrons. The summed E-state index contributed by atoms with van der Waals surface area (Å²) < 4.78 is 10.8. The summed E-state index contributed by atoms with van der Waals surface area (Å²) in [6.45, 7) is 4.82. The van der Waals surface area contributed by atoms with Gasteiger partial charge in [0.1, 0.15) is 5.60 Å². The van der Waals surface area contributed by atoms with E-state index in [4.69, 9.17) is 9.47 Å². The first kappa shape index (κ1) is 12.8. The topological polar surface area (TPSA) is 59.6 Å². The molecule has 0 aromatic rings. The van der Waals surface area contributed by atoms with Gasteiger partial charge in [-0.3, -0.25) is 4.79 Å². The van der Waals surface area contributed by atoms with Crippen LogP contribution in [0, 0.1) is 5.92 Å². The van der Waals surface area contributed by atoms with Gasteiger partial charge >= 0.3 is 0 Å². The summed E-state index contributed by atoms with van der Waals surface area (Å²) in [5, 5.41) is 6.29. The number of hydrogen-bond acceptors (Lipinski definition) is 4. The Labute approximate surface area is 102 Å². The van der Waals surface area contributed by atoms with E-state index in [0.29, 0.717) is 19.8 Å². The first-order valence-corrected chi connectivity index (χ1v) is 6.31. The van der Waals surface area contributed by atoms with Gasteiger partial charge in [0, 0.05) is 32.7 Å². The second kappa shape index (κ2) is 5.33. The molecule has 2 aliphatic heterocycles. The van der Waals surface area contributed by atoms with Crippen LogP contribution < -0.4 is 10.6 Å². The molecule has 0 aliphatic carbocycles. The van der Waals surface area contributed by atoms with Crippen molar-refractivity contribution in [2.75, 3.05) is 33.4 Å². The molecule has 3 atom stereocenters. The number of hydrogen-bond donors (Lipinski definition) is 2. The second-order valence-corrected chi connectivity index (χ2v) is 5.05. The van der Waals surface area contributed by atoms with Gasteiger partial charge in [0.2, 0.25) is 5.91 Å². The smallest absolute Gasteiger partial charge is 0.224 e. The third kappa shape index (κ3) is 2.78. The molecule has 0 bridgehead atoms. The number of rotatable bonds is 4. The zero-order valence-electron chi connectivity index (χ0n) is 10.6. The second-order valence-electron chi connectivity index (χ2n) is 5.05. The molecule has 0 spiro atoms. The van der Waals surface area contributed by atoms with Crippen molar-refractivity contribution in [2.24, 2.45) is 5.92 Å². The van der Waals surface area contributed by atoms with Crippen LogP contribution in [-0.2, 0) is 14.3 Å². The minimum atomic E-state index is -0.315. The molecule has 1 amide bonds. The molecule has 0 aromatic heterocycles. The van der Waals surface area contributed by atoms with Crippen LogP contribution in [0.15, 0.2) is 0 Å². The number of ether oxygens (including phenoxy) is 2. The first-order chi connectivity index (χ1) is 8.17. The highest BCUT2D eigenvalue weighted by Gasteiger charge is 2.37. The molecule has 2 heterocycles. The molecule has 2 N–H and O–H groups in total. The first-order valence-electron chi connectivity index (χ1n) is 6.31. The molecule has 2 aliphatic rings. The molecule has 17 heavy (non-hydrogen) atoms. The SMILES string of the molecule is COC1(CNC(=O)C2CCNC2C)CCOC1.